The van der Waals surface area contributed by atoms with E-state index in [-0.39, 0.29) is 17.9 Å². The van der Waals surface area contributed by atoms with Crippen molar-refractivity contribution in [2.45, 2.75) is 50.4 Å². The molecule has 2 aliphatic rings. The number of halogens is 3. The Morgan fingerprint density at radius 3 is 2.73 bits per heavy atom. The molecule has 0 saturated heterocycles. The zero-order valence-electron chi connectivity index (χ0n) is 17.4. The van der Waals surface area contributed by atoms with Gasteiger partial charge in [0.1, 0.15) is 16.9 Å². The van der Waals surface area contributed by atoms with Gasteiger partial charge in [0.15, 0.2) is 11.7 Å². The normalized spacial score (nSPS) is 19.7. The predicted octanol–water partition coefficient (Wildman–Crippen LogP) is 5.61. The number of nitriles is 1. The number of hydrogen-bond acceptors (Lipinski definition) is 5. The van der Waals surface area contributed by atoms with Crippen LogP contribution in [0.4, 0.5) is 24.0 Å². The van der Waals surface area contributed by atoms with Crippen LogP contribution in [0.25, 0.3) is 0 Å². The van der Waals surface area contributed by atoms with E-state index in [0.717, 1.165) is 46.4 Å². The van der Waals surface area contributed by atoms with Crippen molar-refractivity contribution >= 4 is 28.1 Å². The first kappa shape index (κ1) is 21.5. The second kappa shape index (κ2) is 8.23. The van der Waals surface area contributed by atoms with Gasteiger partial charge in [-0.15, -0.1) is 11.3 Å². The van der Waals surface area contributed by atoms with Crippen molar-refractivity contribution < 1.29 is 18.0 Å². The van der Waals surface area contributed by atoms with E-state index in [1.165, 1.54) is 17.4 Å². The smallest absolute Gasteiger partial charge is 0.363 e. The van der Waals surface area contributed by atoms with Crippen molar-refractivity contribution in [3.05, 3.63) is 63.7 Å². The van der Waals surface area contributed by atoms with Crippen molar-refractivity contribution in [3.63, 3.8) is 0 Å². The average molecular weight is 472 g/mol. The zero-order chi connectivity index (χ0) is 23.2. The first-order valence-electron chi connectivity index (χ1n) is 10.7. The molecule has 1 aliphatic heterocycles. The third-order valence-electron chi connectivity index (χ3n) is 6.13. The Hall–Kier alpha value is -3.32. The maximum atomic E-state index is 13.9. The first-order valence-corrected chi connectivity index (χ1v) is 11.5. The standard InChI is InChI=1S/C23H20F3N5OS/c24-23(25,26)19-10-16(13-6-2-1-3-7-13)28-20-11-17(30-31(19)20)21(32)29-22-15(12-27)14-8-4-5-9-18(14)33-22/h1-3,6-7,11,16,19,28H,4-5,8-10H2,(H,29,32). The summed E-state index contributed by atoms with van der Waals surface area (Å²) < 4.78 is 42.5. The molecule has 2 N–H and O–H groups in total. The lowest BCUT2D eigenvalue weighted by atomic mass is 9.96. The minimum Gasteiger partial charge on any atom is -0.363 e. The minimum atomic E-state index is -4.52. The SMILES string of the molecule is N#Cc1c(NC(=O)c2cc3n(n2)C(C(F)(F)F)CC(c2ccccc2)N3)sc2c1CCCC2. The summed E-state index contributed by atoms with van der Waals surface area (Å²) in [6.45, 7) is 0. The van der Waals surface area contributed by atoms with Gasteiger partial charge in [0.05, 0.1) is 11.6 Å². The number of nitrogens with one attached hydrogen (secondary N) is 2. The topological polar surface area (TPSA) is 82.7 Å². The number of amides is 1. The molecule has 10 heteroatoms. The van der Waals surface area contributed by atoms with E-state index in [9.17, 15) is 23.2 Å². The maximum absolute atomic E-state index is 13.9. The second-order valence-electron chi connectivity index (χ2n) is 8.24. The molecule has 0 saturated carbocycles. The highest BCUT2D eigenvalue weighted by atomic mass is 32.1. The highest BCUT2D eigenvalue weighted by Crippen LogP contribution is 2.44. The molecule has 0 spiro atoms. The lowest BCUT2D eigenvalue weighted by molar-refractivity contribution is -0.173. The predicted molar refractivity (Wildman–Crippen MR) is 118 cm³/mol. The summed E-state index contributed by atoms with van der Waals surface area (Å²) in [6.07, 6.45) is -1.08. The molecule has 1 amide bonds. The van der Waals surface area contributed by atoms with Crippen LogP contribution in [0.1, 0.15) is 63.4 Å². The van der Waals surface area contributed by atoms with Gasteiger partial charge in [0, 0.05) is 17.4 Å². The molecule has 2 aromatic heterocycles. The number of benzene rings is 1. The quantitative estimate of drug-likeness (QED) is 0.520. The van der Waals surface area contributed by atoms with E-state index in [1.54, 1.807) is 30.3 Å². The first-order chi connectivity index (χ1) is 15.8. The monoisotopic (exact) mass is 471 g/mol. The number of aromatic nitrogens is 2. The summed E-state index contributed by atoms with van der Waals surface area (Å²) >= 11 is 1.36. The average Bonchev–Trinajstić information content (AvgIpc) is 3.39. The third-order valence-corrected chi connectivity index (χ3v) is 7.34. The van der Waals surface area contributed by atoms with Crippen LogP contribution in [0, 0.1) is 11.3 Å². The Bertz CT molecular complexity index is 1240. The molecule has 0 bridgehead atoms. The Labute approximate surface area is 192 Å². The van der Waals surface area contributed by atoms with Gasteiger partial charge in [-0.1, -0.05) is 30.3 Å². The fourth-order valence-electron chi connectivity index (χ4n) is 4.53. The maximum Gasteiger partial charge on any atom is 0.410 e. The van der Waals surface area contributed by atoms with E-state index in [2.05, 4.69) is 21.8 Å². The molecule has 6 nitrogen and oxygen atoms in total. The number of thiophene rings is 1. The van der Waals surface area contributed by atoms with Crippen LogP contribution in [0.5, 0.6) is 0 Å². The molecule has 1 aromatic carbocycles. The summed E-state index contributed by atoms with van der Waals surface area (Å²) in [5.74, 6) is -0.500. The molecular formula is C23H20F3N5OS. The minimum absolute atomic E-state index is 0.129. The van der Waals surface area contributed by atoms with E-state index in [1.807, 2.05) is 0 Å². The van der Waals surface area contributed by atoms with Gasteiger partial charge in [0.2, 0.25) is 0 Å². The molecule has 2 atom stereocenters. The number of alkyl halides is 3. The third kappa shape index (κ3) is 3.97. The van der Waals surface area contributed by atoms with Crippen molar-refractivity contribution in [2.24, 2.45) is 0 Å². The number of aryl methyl sites for hydroxylation is 1. The Morgan fingerprint density at radius 1 is 1.24 bits per heavy atom. The summed E-state index contributed by atoms with van der Waals surface area (Å²) in [5, 5.41) is 19.8. The van der Waals surface area contributed by atoms with Crippen LogP contribution in [-0.2, 0) is 12.8 Å². The number of carbonyl (C=O) groups is 1. The molecule has 5 rings (SSSR count). The summed E-state index contributed by atoms with van der Waals surface area (Å²) in [4.78, 5) is 14.0. The van der Waals surface area contributed by atoms with Crippen LogP contribution in [0.3, 0.4) is 0 Å². The Kier molecular flexibility index (Phi) is 5.37. The molecular weight excluding hydrogens is 451 g/mol. The molecule has 2 unspecified atom stereocenters. The number of carbonyl (C=O) groups excluding carboxylic acids is 1. The van der Waals surface area contributed by atoms with E-state index >= 15 is 0 Å². The van der Waals surface area contributed by atoms with E-state index in [0.29, 0.717) is 10.6 Å². The lowest BCUT2D eigenvalue weighted by Gasteiger charge is -2.33. The van der Waals surface area contributed by atoms with Gasteiger partial charge in [-0.3, -0.25) is 4.79 Å². The van der Waals surface area contributed by atoms with Crippen LogP contribution in [0.2, 0.25) is 0 Å². The molecule has 170 valence electrons. The van der Waals surface area contributed by atoms with Gasteiger partial charge in [-0.2, -0.15) is 23.5 Å². The second-order valence-corrected chi connectivity index (χ2v) is 9.35. The van der Waals surface area contributed by atoms with Gasteiger partial charge in [-0.05, 0) is 36.8 Å². The van der Waals surface area contributed by atoms with Gasteiger partial charge >= 0.3 is 6.18 Å². The molecule has 33 heavy (non-hydrogen) atoms. The molecule has 3 aromatic rings. The van der Waals surface area contributed by atoms with Crippen LogP contribution < -0.4 is 10.6 Å². The number of anilines is 2. The fourth-order valence-corrected chi connectivity index (χ4v) is 5.76. The number of fused-ring (bicyclic) bond motifs is 2. The number of nitrogens with zero attached hydrogens (tertiary/aromatic N) is 3. The van der Waals surface area contributed by atoms with Crippen LogP contribution >= 0.6 is 11.3 Å². The highest BCUT2D eigenvalue weighted by molar-refractivity contribution is 7.16. The van der Waals surface area contributed by atoms with Gasteiger partial charge < -0.3 is 10.6 Å². The Balaban J connectivity index is 1.45. The van der Waals surface area contributed by atoms with Gasteiger partial charge in [-0.25, -0.2) is 4.68 Å². The van der Waals surface area contributed by atoms with Crippen LogP contribution in [-0.4, -0.2) is 21.9 Å². The largest absolute Gasteiger partial charge is 0.410 e. The number of hydrogen-bond donors (Lipinski definition) is 2. The molecule has 0 radical (unpaired) electrons. The van der Waals surface area contributed by atoms with Crippen molar-refractivity contribution in [1.82, 2.24) is 9.78 Å². The molecule has 3 heterocycles. The molecule has 1 aliphatic carbocycles. The highest BCUT2D eigenvalue weighted by Gasteiger charge is 2.46. The fraction of sp³-hybridized carbons (Fsp3) is 0.348. The van der Waals surface area contributed by atoms with E-state index in [4.69, 9.17) is 0 Å². The summed E-state index contributed by atoms with van der Waals surface area (Å²) in [6, 6.07) is 9.98. The van der Waals surface area contributed by atoms with Crippen molar-refractivity contribution in [2.75, 3.05) is 10.6 Å². The Morgan fingerprint density at radius 2 is 2.00 bits per heavy atom. The number of rotatable bonds is 3. The van der Waals surface area contributed by atoms with Crippen molar-refractivity contribution in [3.8, 4) is 6.07 Å². The molecule has 0 fully saturated rings. The van der Waals surface area contributed by atoms with E-state index < -0.39 is 24.2 Å². The zero-order valence-corrected chi connectivity index (χ0v) is 18.3. The van der Waals surface area contributed by atoms with Crippen molar-refractivity contribution in [1.29, 1.82) is 5.26 Å². The van der Waals surface area contributed by atoms with Gasteiger partial charge in [0.25, 0.3) is 5.91 Å². The van der Waals surface area contributed by atoms with Crippen LogP contribution in [0.15, 0.2) is 36.4 Å². The summed E-state index contributed by atoms with van der Waals surface area (Å²) in [5.41, 5.74) is 2.02. The summed E-state index contributed by atoms with van der Waals surface area (Å²) in [7, 11) is 0. The lowest BCUT2D eigenvalue weighted by Crippen LogP contribution is -2.35.